The second-order valence-corrected chi connectivity index (χ2v) is 5.82. The van der Waals surface area contributed by atoms with Crippen LogP contribution in [0.1, 0.15) is 22.3 Å². The van der Waals surface area contributed by atoms with Gasteiger partial charge in [0.25, 0.3) is 0 Å². The van der Waals surface area contributed by atoms with Gasteiger partial charge in [-0.2, -0.15) is 10.5 Å². The lowest BCUT2D eigenvalue weighted by atomic mass is 10.1. The van der Waals surface area contributed by atoms with Crippen molar-refractivity contribution in [3.8, 4) is 21.9 Å². The van der Waals surface area contributed by atoms with Crippen LogP contribution >= 0.6 is 22.7 Å². The first-order valence-electron chi connectivity index (χ1n) is 5.59. The van der Waals surface area contributed by atoms with Gasteiger partial charge < -0.3 is 9.47 Å². The van der Waals surface area contributed by atoms with Crippen LogP contribution in [0.25, 0.3) is 9.75 Å². The number of nitriles is 2. The Balaban J connectivity index is 2.16. The zero-order valence-corrected chi connectivity index (χ0v) is 11.4. The molecule has 1 aliphatic heterocycles. The Kier molecular flexibility index (Phi) is 3.33. The molecule has 0 bridgehead atoms. The van der Waals surface area contributed by atoms with Crippen LogP contribution in [0.15, 0.2) is 17.5 Å². The largest absolute Gasteiger partial charge is 0.345 e. The first kappa shape index (κ1) is 12.3. The molecule has 3 rings (SSSR count). The van der Waals surface area contributed by atoms with Gasteiger partial charge in [-0.3, -0.25) is 0 Å². The maximum atomic E-state index is 9.31. The van der Waals surface area contributed by atoms with Gasteiger partial charge in [0.15, 0.2) is 6.29 Å². The van der Waals surface area contributed by atoms with Crippen LogP contribution in [0.2, 0.25) is 0 Å². The van der Waals surface area contributed by atoms with Gasteiger partial charge in [0.1, 0.15) is 12.1 Å². The van der Waals surface area contributed by atoms with E-state index in [9.17, 15) is 10.5 Å². The van der Waals surface area contributed by atoms with Gasteiger partial charge in [-0.05, 0) is 11.4 Å². The standard InChI is InChI=1S/C13H8N2O2S2/c14-6-8-9(7-15)12(13-16-3-4-17-13)19-11(8)10-2-1-5-18-10/h1-2,5,13H,3-4H2. The third-order valence-electron chi connectivity index (χ3n) is 2.74. The molecule has 0 unspecified atom stereocenters. The van der Waals surface area contributed by atoms with Crippen molar-refractivity contribution in [2.24, 2.45) is 0 Å². The van der Waals surface area contributed by atoms with E-state index in [4.69, 9.17) is 9.47 Å². The van der Waals surface area contributed by atoms with E-state index in [1.807, 2.05) is 17.5 Å². The quantitative estimate of drug-likeness (QED) is 0.850. The molecule has 1 fully saturated rings. The van der Waals surface area contributed by atoms with E-state index in [2.05, 4.69) is 12.1 Å². The van der Waals surface area contributed by atoms with E-state index >= 15 is 0 Å². The van der Waals surface area contributed by atoms with Gasteiger partial charge in [0, 0.05) is 4.88 Å². The average Bonchev–Trinajstić information content (AvgIpc) is 3.16. The Morgan fingerprint density at radius 2 is 1.89 bits per heavy atom. The fourth-order valence-corrected chi connectivity index (χ4v) is 3.98. The molecule has 0 N–H and O–H groups in total. The Bertz CT molecular complexity index is 671. The minimum absolute atomic E-state index is 0.378. The van der Waals surface area contributed by atoms with Gasteiger partial charge in [-0.15, -0.1) is 22.7 Å². The van der Waals surface area contributed by atoms with Gasteiger partial charge >= 0.3 is 0 Å². The Hall–Kier alpha value is -1.70. The molecule has 4 nitrogen and oxygen atoms in total. The van der Waals surface area contributed by atoms with E-state index < -0.39 is 6.29 Å². The third-order valence-corrected chi connectivity index (χ3v) is 5.00. The Morgan fingerprint density at radius 1 is 1.16 bits per heavy atom. The summed E-state index contributed by atoms with van der Waals surface area (Å²) in [5.41, 5.74) is 0.798. The fourth-order valence-electron chi connectivity index (χ4n) is 1.92. The van der Waals surface area contributed by atoms with Crippen molar-refractivity contribution in [3.63, 3.8) is 0 Å². The number of rotatable bonds is 2. The third kappa shape index (κ3) is 2.05. The maximum absolute atomic E-state index is 9.31. The van der Waals surface area contributed by atoms with Gasteiger partial charge in [0.2, 0.25) is 0 Å². The summed E-state index contributed by atoms with van der Waals surface area (Å²) < 4.78 is 10.9. The summed E-state index contributed by atoms with van der Waals surface area (Å²) in [5, 5.41) is 20.6. The normalized spacial score (nSPS) is 15.3. The highest BCUT2D eigenvalue weighted by atomic mass is 32.1. The molecular weight excluding hydrogens is 280 g/mol. The molecule has 0 atom stereocenters. The number of nitrogens with zero attached hydrogens (tertiary/aromatic N) is 2. The molecule has 0 amide bonds. The van der Waals surface area contributed by atoms with Crippen LogP contribution in [-0.4, -0.2) is 13.2 Å². The van der Waals surface area contributed by atoms with Crippen molar-refractivity contribution < 1.29 is 9.47 Å². The minimum atomic E-state index is -0.513. The summed E-state index contributed by atoms with van der Waals surface area (Å²) in [7, 11) is 0. The zero-order chi connectivity index (χ0) is 13.2. The van der Waals surface area contributed by atoms with E-state index in [-0.39, 0.29) is 0 Å². The van der Waals surface area contributed by atoms with Crippen LogP contribution in [0, 0.1) is 22.7 Å². The summed E-state index contributed by atoms with van der Waals surface area (Å²) in [6.45, 7) is 1.04. The molecule has 6 heteroatoms. The smallest absolute Gasteiger partial charge is 0.194 e. The van der Waals surface area contributed by atoms with Crippen LogP contribution < -0.4 is 0 Å². The average molecular weight is 288 g/mol. The predicted octanol–water partition coefficient (Wildman–Crippen LogP) is 3.27. The van der Waals surface area contributed by atoms with Crippen molar-refractivity contribution >= 4 is 22.7 Å². The molecule has 0 aromatic carbocycles. The lowest BCUT2D eigenvalue weighted by Crippen LogP contribution is -1.97. The molecule has 0 saturated carbocycles. The Labute approximate surface area is 118 Å². The van der Waals surface area contributed by atoms with E-state index in [0.29, 0.717) is 29.2 Å². The van der Waals surface area contributed by atoms with E-state index in [0.717, 1.165) is 9.75 Å². The van der Waals surface area contributed by atoms with Crippen molar-refractivity contribution in [3.05, 3.63) is 33.5 Å². The van der Waals surface area contributed by atoms with E-state index in [1.165, 1.54) is 11.3 Å². The summed E-state index contributed by atoms with van der Waals surface area (Å²) in [6, 6.07) is 8.11. The minimum Gasteiger partial charge on any atom is -0.345 e. The molecule has 2 aromatic heterocycles. The van der Waals surface area contributed by atoms with E-state index in [1.54, 1.807) is 11.3 Å². The van der Waals surface area contributed by atoms with Crippen LogP contribution in [0.5, 0.6) is 0 Å². The first-order valence-corrected chi connectivity index (χ1v) is 7.28. The summed E-state index contributed by atoms with van der Waals surface area (Å²) in [6.07, 6.45) is -0.513. The summed E-state index contributed by atoms with van der Waals surface area (Å²) in [5.74, 6) is 0. The van der Waals surface area contributed by atoms with Crippen LogP contribution in [0.4, 0.5) is 0 Å². The second-order valence-electron chi connectivity index (χ2n) is 3.82. The molecule has 1 aliphatic rings. The molecule has 19 heavy (non-hydrogen) atoms. The zero-order valence-electron chi connectivity index (χ0n) is 9.75. The SMILES string of the molecule is N#Cc1c(-c2cccs2)sc(C2OCCO2)c1C#N. The number of hydrogen-bond donors (Lipinski definition) is 0. The molecule has 0 spiro atoms. The molecule has 94 valence electrons. The van der Waals surface area contributed by atoms with Gasteiger partial charge in [0.05, 0.1) is 34.1 Å². The van der Waals surface area contributed by atoms with Crippen molar-refractivity contribution in [1.29, 1.82) is 10.5 Å². The molecule has 3 heterocycles. The molecule has 0 radical (unpaired) electrons. The number of thiophene rings is 2. The molecular formula is C13H8N2O2S2. The van der Waals surface area contributed by atoms with Crippen LogP contribution in [-0.2, 0) is 9.47 Å². The molecule has 1 saturated heterocycles. The number of hydrogen-bond acceptors (Lipinski definition) is 6. The number of ether oxygens (including phenoxy) is 2. The summed E-state index contributed by atoms with van der Waals surface area (Å²) >= 11 is 2.95. The lowest BCUT2D eigenvalue weighted by molar-refractivity contribution is -0.0415. The highest BCUT2D eigenvalue weighted by Crippen LogP contribution is 2.42. The topological polar surface area (TPSA) is 66.0 Å². The first-order chi connectivity index (χ1) is 9.35. The highest BCUT2D eigenvalue weighted by Gasteiger charge is 2.28. The monoisotopic (exact) mass is 288 g/mol. The predicted molar refractivity (Wildman–Crippen MR) is 71.7 cm³/mol. The van der Waals surface area contributed by atoms with Crippen molar-refractivity contribution in [2.75, 3.05) is 13.2 Å². The van der Waals surface area contributed by atoms with Gasteiger partial charge in [-0.25, -0.2) is 0 Å². The van der Waals surface area contributed by atoms with Crippen LogP contribution in [0.3, 0.4) is 0 Å². The highest BCUT2D eigenvalue weighted by molar-refractivity contribution is 7.21. The second kappa shape index (κ2) is 5.12. The lowest BCUT2D eigenvalue weighted by Gasteiger charge is -2.05. The Morgan fingerprint density at radius 3 is 2.47 bits per heavy atom. The van der Waals surface area contributed by atoms with Crippen molar-refractivity contribution in [1.82, 2.24) is 0 Å². The van der Waals surface area contributed by atoms with Gasteiger partial charge in [-0.1, -0.05) is 6.07 Å². The summed E-state index contributed by atoms with van der Waals surface area (Å²) in [4.78, 5) is 2.50. The molecule has 0 aliphatic carbocycles. The maximum Gasteiger partial charge on any atom is 0.194 e. The molecule has 2 aromatic rings. The fraction of sp³-hybridized carbons (Fsp3) is 0.231. The van der Waals surface area contributed by atoms with Crippen molar-refractivity contribution in [2.45, 2.75) is 6.29 Å².